The minimum absolute atomic E-state index is 0.0733. The maximum atomic E-state index is 13.8. The fourth-order valence-corrected chi connectivity index (χ4v) is 2.18. The Morgan fingerprint density at radius 2 is 1.89 bits per heavy atom. The lowest BCUT2D eigenvalue weighted by Crippen LogP contribution is -2.51. The number of nitrogens with zero attached hydrogens (tertiary/aromatic N) is 2. The van der Waals surface area contributed by atoms with E-state index in [0.29, 0.717) is 0 Å². The van der Waals surface area contributed by atoms with Crippen molar-refractivity contribution in [2.75, 3.05) is 20.1 Å². The molecule has 2 rings (SSSR count). The first-order chi connectivity index (χ1) is 8.90. The molecular weight excluding hydrogens is 322 g/mol. The average molecular weight is 333 g/mol. The number of rotatable bonds is 2. The molecule has 1 aliphatic heterocycles. The molecule has 0 spiro atoms. The predicted molar refractivity (Wildman–Crippen MR) is 67.1 cm³/mol. The third kappa shape index (κ3) is 2.75. The summed E-state index contributed by atoms with van der Waals surface area (Å²) in [6.07, 6.45) is 0. The van der Waals surface area contributed by atoms with Crippen LogP contribution in [0.15, 0.2) is 16.6 Å². The van der Waals surface area contributed by atoms with Gasteiger partial charge in [0, 0.05) is 12.6 Å². The van der Waals surface area contributed by atoms with Crippen molar-refractivity contribution in [3.63, 3.8) is 0 Å². The third-order valence-corrected chi connectivity index (χ3v) is 3.58. The molecule has 0 aromatic heterocycles. The molecule has 0 saturated carbocycles. The van der Waals surface area contributed by atoms with Gasteiger partial charge in [0.15, 0.2) is 0 Å². The fourth-order valence-electron chi connectivity index (χ4n) is 1.81. The maximum Gasteiger partial charge on any atom is 0.242 e. The first-order valence-electron chi connectivity index (χ1n) is 5.54. The van der Waals surface area contributed by atoms with Crippen LogP contribution in [0, 0.1) is 11.6 Å². The number of carbonyl (C=O) groups is 2. The van der Waals surface area contributed by atoms with Crippen LogP contribution in [0.4, 0.5) is 8.78 Å². The molecule has 0 unspecified atom stereocenters. The second-order valence-electron chi connectivity index (χ2n) is 4.32. The number of likely N-dealkylation sites (N-methyl/N-ethyl adjacent to an activating group) is 1. The number of benzene rings is 1. The molecule has 1 saturated heterocycles. The molecule has 0 atom stereocenters. The smallest absolute Gasteiger partial charge is 0.242 e. The van der Waals surface area contributed by atoms with Gasteiger partial charge in [-0.05, 0) is 28.1 Å². The van der Waals surface area contributed by atoms with E-state index >= 15 is 0 Å². The third-order valence-electron chi connectivity index (χ3n) is 2.96. The van der Waals surface area contributed by atoms with Gasteiger partial charge >= 0.3 is 0 Å². The lowest BCUT2D eigenvalue weighted by Gasteiger charge is -2.31. The van der Waals surface area contributed by atoms with E-state index in [1.807, 2.05) is 0 Å². The van der Waals surface area contributed by atoms with E-state index in [0.717, 1.165) is 11.0 Å². The Bertz CT molecular complexity index is 551. The zero-order valence-corrected chi connectivity index (χ0v) is 11.7. The van der Waals surface area contributed by atoms with Gasteiger partial charge in [0.2, 0.25) is 11.8 Å². The summed E-state index contributed by atoms with van der Waals surface area (Å²) in [4.78, 5) is 25.7. The van der Waals surface area contributed by atoms with Crippen molar-refractivity contribution in [3.05, 3.63) is 33.8 Å². The molecular formula is C12H11BrF2N2O2. The second-order valence-corrected chi connectivity index (χ2v) is 5.18. The van der Waals surface area contributed by atoms with Gasteiger partial charge in [-0.15, -0.1) is 0 Å². The van der Waals surface area contributed by atoms with Crippen LogP contribution in [0.25, 0.3) is 0 Å². The van der Waals surface area contributed by atoms with Crippen molar-refractivity contribution in [3.8, 4) is 0 Å². The van der Waals surface area contributed by atoms with Crippen molar-refractivity contribution in [1.29, 1.82) is 0 Å². The summed E-state index contributed by atoms with van der Waals surface area (Å²) in [5, 5.41) is 0. The van der Waals surface area contributed by atoms with E-state index in [1.165, 1.54) is 18.0 Å². The van der Waals surface area contributed by atoms with Crippen LogP contribution in [0.2, 0.25) is 0 Å². The molecule has 0 N–H and O–H groups in total. The number of hydrogen-bond acceptors (Lipinski definition) is 2. The molecule has 19 heavy (non-hydrogen) atoms. The Morgan fingerprint density at radius 3 is 2.58 bits per heavy atom. The van der Waals surface area contributed by atoms with E-state index < -0.39 is 11.6 Å². The predicted octanol–water partition coefficient (Wildman–Crippen LogP) is 1.53. The van der Waals surface area contributed by atoms with Crippen molar-refractivity contribution in [2.45, 2.75) is 6.54 Å². The quantitative estimate of drug-likeness (QED) is 0.770. The summed E-state index contributed by atoms with van der Waals surface area (Å²) in [5.41, 5.74) is -0.222. The van der Waals surface area contributed by atoms with Gasteiger partial charge in [-0.2, -0.15) is 0 Å². The topological polar surface area (TPSA) is 40.6 Å². The standard InChI is InChI=1S/C12H11BrF2N2O2/c1-16-5-11(19)17(6-10(16)18)4-7-9(14)3-2-8(13)12(7)15/h2-3H,4-6H2,1H3. The van der Waals surface area contributed by atoms with E-state index in [-0.39, 0.29) is 41.5 Å². The molecule has 0 bridgehead atoms. The summed E-state index contributed by atoms with van der Waals surface area (Å²) in [6.45, 7) is -0.494. The first-order valence-corrected chi connectivity index (χ1v) is 6.33. The van der Waals surface area contributed by atoms with Crippen molar-refractivity contribution >= 4 is 27.7 Å². The number of piperazine rings is 1. The van der Waals surface area contributed by atoms with Crippen molar-refractivity contribution < 1.29 is 18.4 Å². The Kier molecular flexibility index (Phi) is 3.84. The number of amides is 2. The molecule has 0 radical (unpaired) electrons. The second kappa shape index (κ2) is 5.24. The average Bonchev–Trinajstić information content (AvgIpc) is 2.36. The molecule has 102 valence electrons. The van der Waals surface area contributed by atoms with Gasteiger partial charge < -0.3 is 9.80 Å². The van der Waals surface area contributed by atoms with Crippen molar-refractivity contribution in [2.24, 2.45) is 0 Å². The highest BCUT2D eigenvalue weighted by Gasteiger charge is 2.29. The van der Waals surface area contributed by atoms with Gasteiger partial charge in [-0.25, -0.2) is 8.78 Å². The molecule has 1 aliphatic rings. The SMILES string of the molecule is CN1CC(=O)N(Cc2c(F)ccc(Br)c2F)CC1=O. The summed E-state index contributed by atoms with van der Waals surface area (Å²) < 4.78 is 27.5. The highest BCUT2D eigenvalue weighted by Crippen LogP contribution is 2.23. The normalized spacial score (nSPS) is 16.2. The summed E-state index contributed by atoms with van der Waals surface area (Å²) in [5.74, 6) is -2.07. The van der Waals surface area contributed by atoms with Gasteiger partial charge in [-0.1, -0.05) is 0 Å². The molecule has 1 aromatic rings. The molecule has 7 heteroatoms. The highest BCUT2D eigenvalue weighted by molar-refractivity contribution is 9.10. The van der Waals surface area contributed by atoms with Crippen LogP contribution in [0.1, 0.15) is 5.56 Å². The van der Waals surface area contributed by atoms with Crippen LogP contribution in [0.5, 0.6) is 0 Å². The van der Waals surface area contributed by atoms with Crippen LogP contribution in [0.3, 0.4) is 0 Å². The largest absolute Gasteiger partial charge is 0.335 e. The molecule has 2 amide bonds. The lowest BCUT2D eigenvalue weighted by atomic mass is 10.1. The Labute approximate surface area is 117 Å². The van der Waals surface area contributed by atoms with Crippen LogP contribution >= 0.6 is 15.9 Å². The molecule has 4 nitrogen and oxygen atoms in total. The molecule has 1 fully saturated rings. The number of hydrogen-bond donors (Lipinski definition) is 0. The Morgan fingerprint density at radius 1 is 1.21 bits per heavy atom. The van der Waals surface area contributed by atoms with Crippen LogP contribution in [-0.2, 0) is 16.1 Å². The Balaban J connectivity index is 2.24. The first kappa shape index (κ1) is 13.9. The maximum absolute atomic E-state index is 13.8. The zero-order chi connectivity index (χ0) is 14.2. The van der Waals surface area contributed by atoms with Crippen LogP contribution in [-0.4, -0.2) is 41.8 Å². The summed E-state index contributed by atoms with van der Waals surface area (Å²) >= 11 is 2.96. The molecule has 0 aliphatic carbocycles. The number of halogens is 3. The molecule has 1 heterocycles. The minimum atomic E-state index is -0.751. The summed E-state index contributed by atoms with van der Waals surface area (Å²) in [7, 11) is 1.51. The van der Waals surface area contributed by atoms with Crippen molar-refractivity contribution in [1.82, 2.24) is 9.80 Å². The number of carbonyl (C=O) groups excluding carboxylic acids is 2. The highest BCUT2D eigenvalue weighted by atomic mass is 79.9. The van der Waals surface area contributed by atoms with Gasteiger partial charge in [0.05, 0.1) is 17.6 Å². The zero-order valence-electron chi connectivity index (χ0n) is 10.1. The summed E-state index contributed by atoms with van der Waals surface area (Å²) in [6, 6.07) is 2.37. The van der Waals surface area contributed by atoms with E-state index in [2.05, 4.69) is 15.9 Å². The van der Waals surface area contributed by atoms with Crippen LogP contribution < -0.4 is 0 Å². The van der Waals surface area contributed by atoms with Gasteiger partial charge in [-0.3, -0.25) is 9.59 Å². The fraction of sp³-hybridized carbons (Fsp3) is 0.333. The van der Waals surface area contributed by atoms with E-state index in [1.54, 1.807) is 0 Å². The molecule has 1 aromatic carbocycles. The lowest BCUT2D eigenvalue weighted by molar-refractivity contribution is -0.149. The van der Waals surface area contributed by atoms with E-state index in [4.69, 9.17) is 0 Å². The Hall–Kier alpha value is -1.50. The van der Waals surface area contributed by atoms with Gasteiger partial charge in [0.1, 0.15) is 18.2 Å². The minimum Gasteiger partial charge on any atom is -0.335 e. The van der Waals surface area contributed by atoms with Gasteiger partial charge in [0.25, 0.3) is 0 Å². The monoisotopic (exact) mass is 332 g/mol. The van der Waals surface area contributed by atoms with E-state index in [9.17, 15) is 18.4 Å².